The Balaban J connectivity index is 2.15. The number of fused-ring (bicyclic) bond motifs is 1. The minimum Gasteiger partial charge on any atom is -0.452 e. The van der Waals surface area contributed by atoms with Crippen LogP contribution in [0.4, 0.5) is 0 Å². The van der Waals surface area contributed by atoms with Crippen LogP contribution >= 0.6 is 0 Å². The number of ketones is 1. The summed E-state index contributed by atoms with van der Waals surface area (Å²) >= 11 is 0. The number of furan rings is 1. The van der Waals surface area contributed by atoms with Gasteiger partial charge in [0.2, 0.25) is 5.78 Å². The smallest absolute Gasteiger partial charge is 0.228 e. The quantitative estimate of drug-likeness (QED) is 0.740. The van der Waals surface area contributed by atoms with E-state index >= 15 is 0 Å². The standard InChI is InChI=1S/C18H15NO2/c19-12-6-10-15-14-9-4-5-11-16(14)21-18(15)17(20)13-7-2-1-3-8-13/h1-9,11-12H,10,19H2. The summed E-state index contributed by atoms with van der Waals surface area (Å²) in [6.07, 6.45) is 3.87. The number of para-hydroxylation sites is 1. The molecular formula is C18H15NO2. The Morgan fingerprint density at radius 2 is 1.76 bits per heavy atom. The minimum atomic E-state index is -0.104. The Hall–Kier alpha value is -2.81. The third-order valence-electron chi connectivity index (χ3n) is 3.40. The number of allylic oxidation sites excluding steroid dienone is 1. The van der Waals surface area contributed by atoms with Crippen LogP contribution in [0.25, 0.3) is 11.0 Å². The van der Waals surface area contributed by atoms with Gasteiger partial charge in [-0.1, -0.05) is 54.6 Å². The van der Waals surface area contributed by atoms with Crippen LogP contribution in [0.1, 0.15) is 21.7 Å². The summed E-state index contributed by atoms with van der Waals surface area (Å²) in [5.74, 6) is 0.285. The Bertz CT molecular complexity index is 800. The molecule has 0 saturated carbocycles. The first-order valence-electron chi connectivity index (χ1n) is 6.78. The molecule has 3 nitrogen and oxygen atoms in total. The average Bonchev–Trinajstić information content (AvgIpc) is 2.91. The van der Waals surface area contributed by atoms with Gasteiger partial charge < -0.3 is 10.2 Å². The highest BCUT2D eigenvalue weighted by Gasteiger charge is 2.20. The molecule has 1 aromatic heterocycles. The fourth-order valence-electron chi connectivity index (χ4n) is 2.39. The van der Waals surface area contributed by atoms with Crippen LogP contribution in [0, 0.1) is 0 Å². The second kappa shape index (κ2) is 5.67. The van der Waals surface area contributed by atoms with E-state index in [0.29, 0.717) is 17.7 Å². The van der Waals surface area contributed by atoms with E-state index in [2.05, 4.69) is 0 Å². The number of rotatable bonds is 4. The summed E-state index contributed by atoms with van der Waals surface area (Å²) in [4.78, 5) is 12.7. The zero-order chi connectivity index (χ0) is 14.7. The molecule has 104 valence electrons. The predicted molar refractivity (Wildman–Crippen MR) is 83.1 cm³/mol. The topological polar surface area (TPSA) is 56.2 Å². The fraction of sp³-hybridized carbons (Fsp3) is 0.0556. The summed E-state index contributed by atoms with van der Waals surface area (Å²) in [6, 6.07) is 16.8. The fourth-order valence-corrected chi connectivity index (χ4v) is 2.39. The van der Waals surface area contributed by atoms with Gasteiger partial charge >= 0.3 is 0 Å². The minimum absolute atomic E-state index is 0.104. The van der Waals surface area contributed by atoms with Crippen molar-refractivity contribution < 1.29 is 9.21 Å². The predicted octanol–water partition coefficient (Wildman–Crippen LogP) is 3.68. The van der Waals surface area contributed by atoms with Gasteiger partial charge in [0.05, 0.1) is 0 Å². The third kappa shape index (κ3) is 2.46. The molecule has 2 N–H and O–H groups in total. The SMILES string of the molecule is NC=CCc1c(C(=O)c2ccccc2)oc2ccccc12. The molecule has 0 aliphatic heterocycles. The van der Waals surface area contributed by atoms with E-state index in [1.807, 2.05) is 48.5 Å². The van der Waals surface area contributed by atoms with Crippen molar-refractivity contribution in [3.63, 3.8) is 0 Å². The Morgan fingerprint density at radius 3 is 2.52 bits per heavy atom. The molecule has 2 aromatic carbocycles. The lowest BCUT2D eigenvalue weighted by Crippen LogP contribution is -2.02. The lowest BCUT2D eigenvalue weighted by atomic mass is 10.0. The first-order chi connectivity index (χ1) is 10.3. The molecule has 0 unspecified atom stereocenters. The molecule has 3 aromatic rings. The average molecular weight is 277 g/mol. The maximum atomic E-state index is 12.7. The van der Waals surface area contributed by atoms with Gasteiger partial charge in [-0.25, -0.2) is 0 Å². The van der Waals surface area contributed by atoms with Gasteiger partial charge in [-0.15, -0.1) is 0 Å². The zero-order valence-corrected chi connectivity index (χ0v) is 11.5. The van der Waals surface area contributed by atoms with Crippen LogP contribution in [-0.4, -0.2) is 5.78 Å². The molecule has 0 aliphatic rings. The first kappa shape index (κ1) is 13.2. The summed E-state index contributed by atoms with van der Waals surface area (Å²) < 4.78 is 5.79. The second-order valence-corrected chi connectivity index (χ2v) is 4.73. The molecule has 3 heteroatoms. The van der Waals surface area contributed by atoms with Crippen molar-refractivity contribution >= 4 is 16.8 Å². The number of carbonyl (C=O) groups excluding carboxylic acids is 1. The summed E-state index contributed by atoms with van der Waals surface area (Å²) in [7, 11) is 0. The summed E-state index contributed by atoms with van der Waals surface area (Å²) in [5.41, 5.74) is 7.65. The molecule has 3 rings (SSSR count). The Morgan fingerprint density at radius 1 is 1.05 bits per heavy atom. The van der Waals surface area contributed by atoms with E-state index in [0.717, 1.165) is 16.5 Å². The highest BCUT2D eigenvalue weighted by Crippen LogP contribution is 2.28. The molecule has 0 spiro atoms. The van der Waals surface area contributed by atoms with Crippen LogP contribution in [0.2, 0.25) is 0 Å². The van der Waals surface area contributed by atoms with Crippen molar-refractivity contribution in [3.05, 3.63) is 83.8 Å². The zero-order valence-electron chi connectivity index (χ0n) is 11.5. The first-order valence-corrected chi connectivity index (χ1v) is 6.78. The van der Waals surface area contributed by atoms with Crippen LogP contribution in [0.15, 0.2) is 71.3 Å². The molecule has 0 aliphatic carbocycles. The Kier molecular flexibility index (Phi) is 3.56. The number of hydrogen-bond acceptors (Lipinski definition) is 3. The Labute approximate surface area is 122 Å². The van der Waals surface area contributed by atoms with Crippen molar-refractivity contribution in [2.45, 2.75) is 6.42 Å². The molecule has 0 fully saturated rings. The van der Waals surface area contributed by atoms with Crippen LogP contribution < -0.4 is 5.73 Å². The summed E-state index contributed by atoms with van der Waals surface area (Å²) in [6.45, 7) is 0. The molecule has 0 radical (unpaired) electrons. The van der Waals surface area contributed by atoms with Crippen molar-refractivity contribution in [2.75, 3.05) is 0 Å². The number of benzene rings is 2. The van der Waals surface area contributed by atoms with E-state index in [4.69, 9.17) is 10.2 Å². The van der Waals surface area contributed by atoms with E-state index < -0.39 is 0 Å². The van der Waals surface area contributed by atoms with E-state index in [1.165, 1.54) is 6.20 Å². The second-order valence-electron chi connectivity index (χ2n) is 4.73. The molecule has 0 amide bonds. The molecule has 0 saturated heterocycles. The van der Waals surface area contributed by atoms with Crippen molar-refractivity contribution in [2.24, 2.45) is 5.73 Å². The number of carbonyl (C=O) groups is 1. The largest absolute Gasteiger partial charge is 0.452 e. The third-order valence-corrected chi connectivity index (χ3v) is 3.40. The van der Waals surface area contributed by atoms with Crippen molar-refractivity contribution in [1.29, 1.82) is 0 Å². The van der Waals surface area contributed by atoms with E-state index in [1.54, 1.807) is 12.1 Å². The van der Waals surface area contributed by atoms with Crippen molar-refractivity contribution in [3.8, 4) is 0 Å². The van der Waals surface area contributed by atoms with Gasteiger partial charge in [0.25, 0.3) is 0 Å². The van der Waals surface area contributed by atoms with Crippen LogP contribution in [-0.2, 0) is 6.42 Å². The highest BCUT2D eigenvalue weighted by atomic mass is 16.3. The number of hydrogen-bond donors (Lipinski definition) is 1. The number of nitrogens with two attached hydrogens (primary N) is 1. The highest BCUT2D eigenvalue weighted by molar-refractivity contribution is 6.10. The maximum absolute atomic E-state index is 12.7. The lowest BCUT2D eigenvalue weighted by Gasteiger charge is -2.00. The van der Waals surface area contributed by atoms with Gasteiger partial charge in [-0.3, -0.25) is 4.79 Å². The lowest BCUT2D eigenvalue weighted by molar-refractivity contribution is 0.101. The van der Waals surface area contributed by atoms with Crippen LogP contribution in [0.3, 0.4) is 0 Å². The van der Waals surface area contributed by atoms with Gasteiger partial charge in [0.15, 0.2) is 5.76 Å². The van der Waals surface area contributed by atoms with E-state index in [-0.39, 0.29) is 5.78 Å². The molecule has 0 bridgehead atoms. The van der Waals surface area contributed by atoms with Gasteiger partial charge in [0.1, 0.15) is 5.58 Å². The van der Waals surface area contributed by atoms with E-state index in [9.17, 15) is 4.79 Å². The summed E-state index contributed by atoms with van der Waals surface area (Å²) in [5, 5.41) is 0.954. The molecular weight excluding hydrogens is 262 g/mol. The molecule has 1 heterocycles. The van der Waals surface area contributed by atoms with Gasteiger partial charge in [-0.2, -0.15) is 0 Å². The molecule has 0 atom stereocenters. The van der Waals surface area contributed by atoms with Crippen LogP contribution in [0.5, 0.6) is 0 Å². The van der Waals surface area contributed by atoms with Crippen molar-refractivity contribution in [1.82, 2.24) is 0 Å². The maximum Gasteiger partial charge on any atom is 0.228 e. The molecule has 21 heavy (non-hydrogen) atoms. The monoisotopic (exact) mass is 277 g/mol. The van der Waals surface area contributed by atoms with Gasteiger partial charge in [0, 0.05) is 16.5 Å². The van der Waals surface area contributed by atoms with Gasteiger partial charge in [-0.05, 0) is 18.7 Å². The normalized spacial score (nSPS) is 11.2.